The molecule has 0 spiro atoms. The van der Waals surface area contributed by atoms with Crippen LogP contribution in [-0.2, 0) is 9.59 Å². The number of carbonyl (C=O) groups excluding carboxylic acids is 3. The summed E-state index contributed by atoms with van der Waals surface area (Å²) in [5, 5.41) is 16.7. The Hall–Kier alpha value is -4.02. The van der Waals surface area contributed by atoms with Crippen molar-refractivity contribution < 1.29 is 14.4 Å². The van der Waals surface area contributed by atoms with Gasteiger partial charge in [0.15, 0.2) is 11.5 Å². The Morgan fingerprint density at radius 2 is 1.97 bits per heavy atom. The highest BCUT2D eigenvalue weighted by molar-refractivity contribution is 5.96. The molecule has 180 valence electrons. The average Bonchev–Trinajstić information content (AvgIpc) is 2.82. The minimum atomic E-state index is -0.746. The van der Waals surface area contributed by atoms with E-state index in [1.165, 1.54) is 5.56 Å². The predicted molar refractivity (Wildman–Crippen MR) is 129 cm³/mol. The molecule has 0 unspecified atom stereocenters. The summed E-state index contributed by atoms with van der Waals surface area (Å²) in [6.07, 6.45) is 2.69. The van der Waals surface area contributed by atoms with Crippen molar-refractivity contribution in [3.63, 3.8) is 0 Å². The van der Waals surface area contributed by atoms with Gasteiger partial charge in [-0.1, -0.05) is 32.6 Å². The first-order valence-corrected chi connectivity index (χ1v) is 11.1. The Kier molecular flexibility index (Phi) is 8.12. The lowest BCUT2D eigenvalue weighted by molar-refractivity contribution is -0.133. The highest BCUT2D eigenvalue weighted by Gasteiger charge is 2.25. The molecule has 2 heterocycles. The van der Waals surface area contributed by atoms with Crippen LogP contribution >= 0.6 is 0 Å². The molecule has 3 rings (SSSR count). The maximum atomic E-state index is 12.4. The Morgan fingerprint density at radius 1 is 1.24 bits per heavy atom. The molecule has 11 nitrogen and oxygen atoms in total. The first-order chi connectivity index (χ1) is 16.3. The number of nitrogens with one attached hydrogen (secondary N) is 3. The van der Waals surface area contributed by atoms with Crippen molar-refractivity contribution in [2.24, 2.45) is 5.73 Å². The summed E-state index contributed by atoms with van der Waals surface area (Å²) in [7, 11) is 0. The molecule has 34 heavy (non-hydrogen) atoms. The van der Waals surface area contributed by atoms with Gasteiger partial charge in [-0.2, -0.15) is 4.98 Å². The molecule has 1 atom stereocenters. The Bertz CT molecular complexity index is 1050. The van der Waals surface area contributed by atoms with Gasteiger partial charge in [0.25, 0.3) is 5.91 Å². The first kappa shape index (κ1) is 24.6. The third-order valence-electron chi connectivity index (χ3n) is 5.47. The minimum absolute atomic E-state index is 0.0723. The number of rotatable bonds is 9. The van der Waals surface area contributed by atoms with Gasteiger partial charge in [0.1, 0.15) is 0 Å². The molecule has 1 aromatic heterocycles. The van der Waals surface area contributed by atoms with Crippen LogP contribution in [0.4, 0.5) is 17.5 Å². The Balaban J connectivity index is 1.69. The molecular weight excluding hydrogens is 436 g/mol. The predicted octanol–water partition coefficient (Wildman–Crippen LogP) is 1.54. The molecular formula is C23H30N8O3. The summed E-state index contributed by atoms with van der Waals surface area (Å²) in [6, 6.07) is 7.66. The van der Waals surface area contributed by atoms with E-state index in [2.05, 4.69) is 51.6 Å². The molecule has 1 aliphatic heterocycles. The minimum Gasteiger partial charge on any atom is -0.364 e. The van der Waals surface area contributed by atoms with Gasteiger partial charge in [0.05, 0.1) is 6.54 Å². The van der Waals surface area contributed by atoms with Crippen molar-refractivity contribution in [1.29, 1.82) is 0 Å². The van der Waals surface area contributed by atoms with E-state index >= 15 is 0 Å². The molecule has 1 aromatic carbocycles. The van der Waals surface area contributed by atoms with E-state index in [1.54, 1.807) is 4.90 Å². The number of anilines is 3. The van der Waals surface area contributed by atoms with E-state index in [0.29, 0.717) is 19.0 Å². The van der Waals surface area contributed by atoms with Crippen LogP contribution in [0.5, 0.6) is 0 Å². The van der Waals surface area contributed by atoms with Crippen LogP contribution in [0, 0.1) is 0 Å². The molecule has 0 saturated carbocycles. The molecule has 1 aliphatic rings. The number of amides is 3. The fourth-order valence-corrected chi connectivity index (χ4v) is 3.58. The number of benzene rings is 1. The summed E-state index contributed by atoms with van der Waals surface area (Å²) in [5.74, 6) is -0.524. The van der Waals surface area contributed by atoms with E-state index in [4.69, 9.17) is 5.73 Å². The van der Waals surface area contributed by atoms with Gasteiger partial charge in [0.2, 0.25) is 17.8 Å². The van der Waals surface area contributed by atoms with Crippen LogP contribution in [0.15, 0.2) is 36.9 Å². The largest absolute Gasteiger partial charge is 0.364 e. The van der Waals surface area contributed by atoms with Gasteiger partial charge in [-0.3, -0.25) is 14.4 Å². The smallest absolute Gasteiger partial charge is 0.273 e. The van der Waals surface area contributed by atoms with Gasteiger partial charge >= 0.3 is 0 Å². The second kappa shape index (κ2) is 11.2. The number of nitrogens with two attached hydrogens (primary N) is 1. The maximum Gasteiger partial charge on any atom is 0.273 e. The van der Waals surface area contributed by atoms with Gasteiger partial charge < -0.3 is 26.6 Å². The van der Waals surface area contributed by atoms with Crippen LogP contribution in [0.25, 0.3) is 0 Å². The molecule has 1 saturated heterocycles. The number of primary amides is 1. The van der Waals surface area contributed by atoms with Crippen molar-refractivity contribution in [3.8, 4) is 0 Å². The zero-order valence-corrected chi connectivity index (χ0v) is 19.4. The molecule has 0 aliphatic carbocycles. The van der Waals surface area contributed by atoms with Crippen molar-refractivity contribution in [1.82, 2.24) is 25.4 Å². The normalized spacial score (nSPS) is 15.5. The number of nitrogens with zero attached hydrogens (tertiary/aromatic N) is 4. The summed E-state index contributed by atoms with van der Waals surface area (Å²) in [4.78, 5) is 41.6. The van der Waals surface area contributed by atoms with Gasteiger partial charge in [-0.25, -0.2) is 0 Å². The summed E-state index contributed by atoms with van der Waals surface area (Å²) in [5.41, 5.74) is 7.30. The van der Waals surface area contributed by atoms with Crippen molar-refractivity contribution >= 4 is 35.2 Å². The molecule has 1 fully saturated rings. The van der Waals surface area contributed by atoms with E-state index in [9.17, 15) is 14.4 Å². The quantitative estimate of drug-likeness (QED) is 0.406. The van der Waals surface area contributed by atoms with Crippen LogP contribution in [-0.4, -0.2) is 63.5 Å². The number of aromatic nitrogens is 3. The fraction of sp³-hybridized carbons (Fsp3) is 0.391. The van der Waals surface area contributed by atoms with Crippen LogP contribution in [0.1, 0.15) is 48.7 Å². The third kappa shape index (κ3) is 6.50. The van der Waals surface area contributed by atoms with Gasteiger partial charge in [-0.05, 0) is 42.5 Å². The van der Waals surface area contributed by atoms with E-state index < -0.39 is 11.8 Å². The lowest BCUT2D eigenvalue weighted by Gasteiger charge is -2.33. The molecule has 11 heteroatoms. The summed E-state index contributed by atoms with van der Waals surface area (Å²) in [6.45, 7) is 8.51. The number of hydrogen-bond acceptors (Lipinski definition) is 8. The topological polar surface area (TPSA) is 155 Å². The highest BCUT2D eigenvalue weighted by atomic mass is 16.2. The van der Waals surface area contributed by atoms with Crippen molar-refractivity contribution in [2.45, 2.75) is 38.6 Å². The lowest BCUT2D eigenvalue weighted by Crippen LogP contribution is -2.48. The third-order valence-corrected chi connectivity index (χ3v) is 5.47. The number of carbonyl (C=O) groups is 3. The number of piperidine rings is 1. The van der Waals surface area contributed by atoms with Crippen molar-refractivity contribution in [2.75, 3.05) is 30.3 Å². The molecule has 0 bridgehead atoms. The van der Waals surface area contributed by atoms with Crippen LogP contribution in [0.3, 0.4) is 0 Å². The van der Waals surface area contributed by atoms with E-state index in [1.807, 2.05) is 24.3 Å². The first-order valence-electron chi connectivity index (χ1n) is 11.1. The summed E-state index contributed by atoms with van der Waals surface area (Å²) < 4.78 is 0. The molecule has 3 amide bonds. The monoisotopic (exact) mass is 466 g/mol. The standard InChI is InChI=1S/C23H30N8O3/c1-4-18(32)25-12-19(33)31-11-5-6-17(13-31)27-23-28-22(20(21(24)34)29-30-23)26-16-9-7-15(8-10-16)14(2)3/h4,7-10,14,17H,1,5-6,11-13H2,2-3H3,(H2,24,34)(H,25,32)(H2,26,27,28,30)/t17-/m0/s1. The van der Waals surface area contributed by atoms with Gasteiger partial charge in [-0.15, -0.1) is 10.2 Å². The fourth-order valence-electron chi connectivity index (χ4n) is 3.58. The van der Waals surface area contributed by atoms with Crippen molar-refractivity contribution in [3.05, 3.63) is 48.2 Å². The number of hydrogen-bond donors (Lipinski definition) is 4. The average molecular weight is 467 g/mol. The van der Waals surface area contributed by atoms with E-state index in [-0.39, 0.29) is 36.0 Å². The van der Waals surface area contributed by atoms with Crippen LogP contribution < -0.4 is 21.7 Å². The molecule has 5 N–H and O–H groups in total. The van der Waals surface area contributed by atoms with Crippen LogP contribution in [0.2, 0.25) is 0 Å². The Morgan fingerprint density at radius 3 is 2.62 bits per heavy atom. The SMILES string of the molecule is C=CC(=O)NCC(=O)N1CCC[C@H](Nc2nnc(C(N)=O)c(Nc3ccc(C(C)C)cc3)n2)C1. The second-order valence-corrected chi connectivity index (χ2v) is 8.34. The highest BCUT2D eigenvalue weighted by Crippen LogP contribution is 2.22. The zero-order chi connectivity index (χ0) is 24.7. The zero-order valence-electron chi connectivity index (χ0n) is 19.4. The lowest BCUT2D eigenvalue weighted by atomic mass is 10.0. The Labute approximate surface area is 198 Å². The number of likely N-dealkylation sites (tertiary alicyclic amines) is 1. The van der Waals surface area contributed by atoms with Gasteiger partial charge in [0, 0.05) is 24.8 Å². The maximum absolute atomic E-state index is 12.4. The van der Waals surface area contributed by atoms with E-state index in [0.717, 1.165) is 24.6 Å². The second-order valence-electron chi connectivity index (χ2n) is 8.34. The molecule has 0 radical (unpaired) electrons. The summed E-state index contributed by atoms with van der Waals surface area (Å²) >= 11 is 0. The molecule has 2 aromatic rings.